The van der Waals surface area contributed by atoms with Gasteiger partial charge < -0.3 is 14.6 Å². The molecule has 1 N–H and O–H groups in total. The summed E-state index contributed by atoms with van der Waals surface area (Å²) in [5.74, 6) is -0.802. The molecule has 1 aromatic heterocycles. The van der Waals surface area contributed by atoms with Crippen molar-refractivity contribution in [1.82, 2.24) is 9.13 Å². The van der Waals surface area contributed by atoms with Crippen molar-refractivity contribution < 1.29 is 18.3 Å². The lowest BCUT2D eigenvalue weighted by Crippen LogP contribution is -2.37. The van der Waals surface area contributed by atoms with Gasteiger partial charge in [0.2, 0.25) is 5.91 Å². The molecule has 0 saturated heterocycles. The molecule has 1 aromatic carbocycles. The van der Waals surface area contributed by atoms with Crippen molar-refractivity contribution in [2.45, 2.75) is 6.61 Å². The number of hydrogen-bond acceptors (Lipinski definition) is 4. The maximum atomic E-state index is 12.2. The predicted octanol–water partition coefficient (Wildman–Crippen LogP) is 1.99. The normalized spacial score (nSPS) is 11.2. The standard InChI is InChI=1S/C16H14ClF2N3O4/c1-21-8-9(14(24)22(2)16(21)25)3-6-13(23)20-10-4-5-12(11(17)7-10)26-15(18)19/h3-8,15H,1-2H3,(H,20,23)/b6-3+. The fourth-order valence-electron chi connectivity index (χ4n) is 2.07. The van der Waals surface area contributed by atoms with Crippen LogP contribution < -0.4 is 21.3 Å². The Balaban J connectivity index is 2.14. The van der Waals surface area contributed by atoms with Crippen molar-refractivity contribution in [3.05, 3.63) is 61.9 Å². The van der Waals surface area contributed by atoms with E-state index >= 15 is 0 Å². The van der Waals surface area contributed by atoms with E-state index in [2.05, 4.69) is 10.1 Å². The molecule has 138 valence electrons. The molecule has 0 saturated carbocycles. The lowest BCUT2D eigenvalue weighted by atomic mass is 10.2. The molecule has 10 heteroatoms. The van der Waals surface area contributed by atoms with Crippen molar-refractivity contribution in [3.63, 3.8) is 0 Å². The molecule has 2 aromatic rings. The van der Waals surface area contributed by atoms with Crippen molar-refractivity contribution in [2.75, 3.05) is 5.32 Å². The Morgan fingerprint density at radius 1 is 1.31 bits per heavy atom. The molecule has 0 bridgehead atoms. The first-order chi connectivity index (χ1) is 12.2. The van der Waals surface area contributed by atoms with Gasteiger partial charge in [0.1, 0.15) is 5.75 Å². The Kier molecular flexibility index (Phi) is 5.93. The van der Waals surface area contributed by atoms with Crippen LogP contribution >= 0.6 is 11.6 Å². The summed E-state index contributed by atoms with van der Waals surface area (Å²) >= 11 is 5.80. The van der Waals surface area contributed by atoms with Crippen LogP contribution in [0.2, 0.25) is 5.02 Å². The Labute approximate surface area is 151 Å². The van der Waals surface area contributed by atoms with Crippen molar-refractivity contribution in [3.8, 4) is 5.75 Å². The molecule has 7 nitrogen and oxygen atoms in total. The van der Waals surface area contributed by atoms with Gasteiger partial charge in [-0.25, -0.2) is 4.79 Å². The second-order valence-electron chi connectivity index (χ2n) is 5.19. The number of alkyl halides is 2. The van der Waals surface area contributed by atoms with Crippen LogP contribution in [0.5, 0.6) is 5.75 Å². The van der Waals surface area contributed by atoms with Gasteiger partial charge in [0.15, 0.2) is 0 Å². The average Bonchev–Trinajstić information content (AvgIpc) is 2.57. The summed E-state index contributed by atoms with van der Waals surface area (Å²) in [6.45, 7) is -3.01. The molecule has 1 amide bonds. The van der Waals surface area contributed by atoms with Crippen LogP contribution in [-0.2, 0) is 18.9 Å². The van der Waals surface area contributed by atoms with E-state index in [1.807, 2.05) is 0 Å². The molecule has 0 atom stereocenters. The minimum Gasteiger partial charge on any atom is -0.433 e. The van der Waals surface area contributed by atoms with Crippen LogP contribution in [0.1, 0.15) is 5.56 Å². The van der Waals surface area contributed by atoms with Gasteiger partial charge in [-0.15, -0.1) is 0 Å². The Hall–Kier alpha value is -2.94. The Bertz CT molecular complexity index is 982. The highest BCUT2D eigenvalue weighted by atomic mass is 35.5. The molecule has 0 spiro atoms. The largest absolute Gasteiger partial charge is 0.433 e. The first kappa shape index (κ1) is 19.4. The van der Waals surface area contributed by atoms with Crippen molar-refractivity contribution in [2.24, 2.45) is 14.1 Å². The molecule has 0 radical (unpaired) electrons. The van der Waals surface area contributed by atoms with Gasteiger partial charge in [-0.2, -0.15) is 8.78 Å². The summed E-state index contributed by atoms with van der Waals surface area (Å²) in [5.41, 5.74) is -0.644. The van der Waals surface area contributed by atoms with E-state index < -0.39 is 23.8 Å². The summed E-state index contributed by atoms with van der Waals surface area (Å²) in [6, 6.07) is 3.77. The van der Waals surface area contributed by atoms with E-state index in [1.54, 1.807) is 0 Å². The minimum absolute atomic E-state index is 0.0981. The number of carbonyl (C=O) groups excluding carboxylic acids is 1. The van der Waals surface area contributed by atoms with Crippen LogP contribution in [0.3, 0.4) is 0 Å². The highest BCUT2D eigenvalue weighted by molar-refractivity contribution is 6.32. The number of amides is 1. The second kappa shape index (κ2) is 7.96. The highest BCUT2D eigenvalue weighted by Gasteiger charge is 2.10. The first-order valence-electron chi connectivity index (χ1n) is 7.19. The lowest BCUT2D eigenvalue weighted by Gasteiger charge is -2.08. The van der Waals surface area contributed by atoms with Crippen LogP contribution in [0.15, 0.2) is 40.1 Å². The fourth-order valence-corrected chi connectivity index (χ4v) is 2.30. The van der Waals surface area contributed by atoms with Gasteiger partial charge in [-0.3, -0.25) is 14.2 Å². The molecule has 2 rings (SSSR count). The number of nitrogens with zero attached hydrogens (tertiary/aromatic N) is 2. The second-order valence-corrected chi connectivity index (χ2v) is 5.60. The van der Waals surface area contributed by atoms with Crippen LogP contribution in [-0.4, -0.2) is 21.7 Å². The Morgan fingerprint density at radius 3 is 2.62 bits per heavy atom. The van der Waals surface area contributed by atoms with Crippen LogP contribution in [0.25, 0.3) is 6.08 Å². The number of anilines is 1. The maximum absolute atomic E-state index is 12.2. The van der Waals surface area contributed by atoms with Crippen molar-refractivity contribution >= 4 is 29.3 Å². The number of benzene rings is 1. The summed E-state index contributed by atoms with van der Waals surface area (Å²) in [4.78, 5) is 35.5. The average molecular weight is 386 g/mol. The summed E-state index contributed by atoms with van der Waals surface area (Å²) < 4.78 is 30.7. The summed E-state index contributed by atoms with van der Waals surface area (Å²) in [5, 5.41) is 2.36. The van der Waals surface area contributed by atoms with Gasteiger partial charge in [0.25, 0.3) is 5.56 Å². The molecular weight excluding hydrogens is 372 g/mol. The first-order valence-corrected chi connectivity index (χ1v) is 7.57. The molecule has 26 heavy (non-hydrogen) atoms. The number of carbonyl (C=O) groups is 1. The third-order valence-electron chi connectivity index (χ3n) is 3.30. The zero-order chi connectivity index (χ0) is 19.4. The highest BCUT2D eigenvalue weighted by Crippen LogP contribution is 2.28. The smallest absolute Gasteiger partial charge is 0.387 e. The summed E-state index contributed by atoms with van der Waals surface area (Å²) in [6.07, 6.45) is 3.66. The SMILES string of the molecule is Cn1cc(/C=C/C(=O)Nc2ccc(OC(F)F)c(Cl)c2)c(=O)n(C)c1=O. The zero-order valence-corrected chi connectivity index (χ0v) is 14.5. The third-order valence-corrected chi connectivity index (χ3v) is 3.60. The van der Waals surface area contributed by atoms with Crippen LogP contribution in [0.4, 0.5) is 14.5 Å². The Morgan fingerprint density at radius 2 is 2.00 bits per heavy atom. The van der Waals surface area contributed by atoms with E-state index in [4.69, 9.17) is 11.6 Å². The number of hydrogen-bond donors (Lipinski definition) is 1. The quantitative estimate of drug-likeness (QED) is 0.798. The van der Waals surface area contributed by atoms with E-state index in [9.17, 15) is 23.2 Å². The van der Waals surface area contributed by atoms with Crippen LogP contribution in [0, 0.1) is 0 Å². The fraction of sp³-hybridized carbons (Fsp3) is 0.188. The van der Waals surface area contributed by atoms with E-state index in [1.165, 1.54) is 49.1 Å². The zero-order valence-electron chi connectivity index (χ0n) is 13.7. The maximum Gasteiger partial charge on any atom is 0.387 e. The molecule has 0 aliphatic rings. The van der Waals surface area contributed by atoms with E-state index in [0.717, 1.165) is 10.6 Å². The topological polar surface area (TPSA) is 82.3 Å². The molecule has 0 fully saturated rings. The molecule has 0 aliphatic heterocycles. The number of aromatic nitrogens is 2. The molecule has 1 heterocycles. The number of nitrogens with one attached hydrogen (secondary N) is 1. The number of halogens is 3. The third kappa shape index (κ3) is 4.57. The minimum atomic E-state index is -3.01. The lowest BCUT2D eigenvalue weighted by molar-refractivity contribution is -0.111. The molecular formula is C16H14ClF2N3O4. The van der Waals surface area contributed by atoms with Gasteiger partial charge in [0.05, 0.1) is 10.6 Å². The molecule has 0 aliphatic carbocycles. The summed E-state index contributed by atoms with van der Waals surface area (Å²) in [7, 11) is 2.80. The van der Waals surface area contributed by atoms with E-state index in [-0.39, 0.29) is 22.0 Å². The number of rotatable bonds is 5. The van der Waals surface area contributed by atoms with Gasteiger partial charge >= 0.3 is 12.3 Å². The van der Waals surface area contributed by atoms with Crippen molar-refractivity contribution in [1.29, 1.82) is 0 Å². The van der Waals surface area contributed by atoms with Gasteiger partial charge in [0, 0.05) is 32.1 Å². The molecule has 0 unspecified atom stereocenters. The predicted molar refractivity (Wildman–Crippen MR) is 92.7 cm³/mol. The van der Waals surface area contributed by atoms with Gasteiger partial charge in [-0.05, 0) is 24.3 Å². The number of ether oxygens (including phenoxy) is 1. The number of aryl methyl sites for hydroxylation is 1. The van der Waals surface area contributed by atoms with Gasteiger partial charge in [-0.1, -0.05) is 11.6 Å². The van der Waals surface area contributed by atoms with E-state index in [0.29, 0.717) is 0 Å². The monoisotopic (exact) mass is 385 g/mol.